The average Bonchev–Trinajstić information content (AvgIpc) is 2.73. The molecule has 1 saturated heterocycles. The number of carbonyl (C=O) groups is 1. The highest BCUT2D eigenvalue weighted by Crippen LogP contribution is 2.29. The van der Waals surface area contributed by atoms with Gasteiger partial charge in [0.25, 0.3) is 0 Å². The highest BCUT2D eigenvalue weighted by molar-refractivity contribution is 5.78. The molecule has 2 aliphatic rings. The van der Waals surface area contributed by atoms with Crippen LogP contribution in [-0.2, 0) is 4.79 Å². The second kappa shape index (κ2) is 5.41. The predicted molar refractivity (Wildman–Crippen MR) is 74.9 cm³/mol. The molecule has 0 spiro atoms. The number of nitrogens with zero attached hydrogens (tertiary/aromatic N) is 2. The quantitative estimate of drug-likeness (QED) is 0.693. The van der Waals surface area contributed by atoms with Gasteiger partial charge in [-0.25, -0.2) is 0 Å². The standard InChI is InChI=1S/C15H26N2O/c1-15(2,3)16-11-12-6-8-13(9-7-12)17-10-4-5-14(17)18/h11-13H,4-10H2,1-3H3. The van der Waals surface area contributed by atoms with Gasteiger partial charge in [0.15, 0.2) is 0 Å². The van der Waals surface area contributed by atoms with E-state index in [0.29, 0.717) is 17.9 Å². The van der Waals surface area contributed by atoms with Crippen molar-refractivity contribution >= 4 is 12.1 Å². The molecule has 3 heteroatoms. The molecule has 0 aromatic carbocycles. The fraction of sp³-hybridized carbons (Fsp3) is 0.867. The summed E-state index contributed by atoms with van der Waals surface area (Å²) in [6.07, 6.45) is 8.68. The van der Waals surface area contributed by atoms with Crippen LogP contribution in [0.2, 0.25) is 0 Å². The molecule has 18 heavy (non-hydrogen) atoms. The topological polar surface area (TPSA) is 32.7 Å². The van der Waals surface area contributed by atoms with E-state index in [1.54, 1.807) is 0 Å². The third kappa shape index (κ3) is 3.56. The first kappa shape index (κ1) is 13.6. The van der Waals surface area contributed by atoms with E-state index in [0.717, 1.165) is 32.2 Å². The van der Waals surface area contributed by atoms with Crippen molar-refractivity contribution in [3.63, 3.8) is 0 Å². The van der Waals surface area contributed by atoms with Crippen LogP contribution in [0.3, 0.4) is 0 Å². The Balaban J connectivity index is 1.81. The second-order valence-electron chi connectivity index (χ2n) is 6.71. The van der Waals surface area contributed by atoms with E-state index in [-0.39, 0.29) is 5.54 Å². The van der Waals surface area contributed by atoms with E-state index in [4.69, 9.17) is 0 Å². The minimum atomic E-state index is 0.0434. The van der Waals surface area contributed by atoms with E-state index in [1.165, 1.54) is 12.8 Å². The number of amides is 1. The van der Waals surface area contributed by atoms with Crippen LogP contribution in [0.4, 0.5) is 0 Å². The molecule has 2 rings (SSSR count). The van der Waals surface area contributed by atoms with Gasteiger partial charge in [-0.15, -0.1) is 0 Å². The highest BCUT2D eigenvalue weighted by atomic mass is 16.2. The molecular weight excluding hydrogens is 224 g/mol. The van der Waals surface area contributed by atoms with Gasteiger partial charge >= 0.3 is 0 Å². The van der Waals surface area contributed by atoms with Crippen LogP contribution in [0, 0.1) is 5.92 Å². The van der Waals surface area contributed by atoms with E-state index < -0.39 is 0 Å². The molecule has 1 amide bonds. The maximum Gasteiger partial charge on any atom is 0.222 e. The molecule has 0 radical (unpaired) electrons. The van der Waals surface area contributed by atoms with Gasteiger partial charge in [0.1, 0.15) is 0 Å². The Morgan fingerprint density at radius 3 is 2.39 bits per heavy atom. The summed E-state index contributed by atoms with van der Waals surface area (Å²) in [5.74, 6) is 1.000. The van der Waals surface area contributed by atoms with Gasteiger partial charge in [-0.1, -0.05) is 0 Å². The summed E-state index contributed by atoms with van der Waals surface area (Å²) in [6.45, 7) is 7.40. The highest BCUT2D eigenvalue weighted by Gasteiger charge is 2.30. The molecule has 0 N–H and O–H groups in total. The summed E-state index contributed by atoms with van der Waals surface area (Å²) in [4.78, 5) is 18.4. The smallest absolute Gasteiger partial charge is 0.222 e. The van der Waals surface area contributed by atoms with Crippen LogP contribution in [0.15, 0.2) is 4.99 Å². The molecule has 0 aromatic heterocycles. The first-order chi connectivity index (χ1) is 8.46. The van der Waals surface area contributed by atoms with Crippen molar-refractivity contribution in [2.75, 3.05) is 6.54 Å². The molecule has 1 aliphatic heterocycles. The lowest BCUT2D eigenvalue weighted by molar-refractivity contribution is -0.130. The molecule has 1 heterocycles. The number of rotatable bonds is 2. The molecule has 1 saturated carbocycles. The Morgan fingerprint density at radius 2 is 1.89 bits per heavy atom. The van der Waals surface area contributed by atoms with Gasteiger partial charge in [0, 0.05) is 25.2 Å². The zero-order chi connectivity index (χ0) is 13.2. The fourth-order valence-corrected chi connectivity index (χ4v) is 2.95. The maximum absolute atomic E-state index is 11.7. The van der Waals surface area contributed by atoms with Crippen molar-refractivity contribution in [2.45, 2.75) is 70.9 Å². The van der Waals surface area contributed by atoms with Gasteiger partial charge in [-0.2, -0.15) is 0 Å². The third-order valence-corrected chi connectivity index (χ3v) is 3.96. The second-order valence-corrected chi connectivity index (χ2v) is 6.71. The molecule has 1 aliphatic carbocycles. The number of aliphatic imine (C=N–C) groups is 1. The van der Waals surface area contributed by atoms with Crippen molar-refractivity contribution in [1.82, 2.24) is 4.90 Å². The molecule has 0 bridgehead atoms. The van der Waals surface area contributed by atoms with Crippen LogP contribution in [0.5, 0.6) is 0 Å². The Hall–Kier alpha value is -0.860. The van der Waals surface area contributed by atoms with Crippen molar-refractivity contribution in [1.29, 1.82) is 0 Å². The molecular formula is C15H26N2O. The summed E-state index contributed by atoms with van der Waals surface area (Å²) < 4.78 is 0. The van der Waals surface area contributed by atoms with Gasteiger partial charge in [0.05, 0.1) is 5.54 Å². The first-order valence-corrected chi connectivity index (χ1v) is 7.30. The Bertz CT molecular complexity index is 322. The van der Waals surface area contributed by atoms with E-state index in [2.05, 4.69) is 36.9 Å². The van der Waals surface area contributed by atoms with Gasteiger partial charge in [-0.3, -0.25) is 9.79 Å². The third-order valence-electron chi connectivity index (χ3n) is 3.96. The number of hydrogen-bond acceptors (Lipinski definition) is 2. The molecule has 0 unspecified atom stereocenters. The van der Waals surface area contributed by atoms with Crippen LogP contribution in [-0.4, -0.2) is 35.1 Å². The van der Waals surface area contributed by atoms with Crippen molar-refractivity contribution in [2.24, 2.45) is 10.9 Å². The molecule has 0 atom stereocenters. The van der Waals surface area contributed by atoms with E-state index in [1.807, 2.05) is 0 Å². The molecule has 102 valence electrons. The lowest BCUT2D eigenvalue weighted by atomic mass is 9.86. The van der Waals surface area contributed by atoms with Crippen molar-refractivity contribution < 1.29 is 4.79 Å². The summed E-state index contributed by atoms with van der Waals surface area (Å²) in [7, 11) is 0. The summed E-state index contributed by atoms with van der Waals surface area (Å²) in [5.41, 5.74) is 0.0434. The van der Waals surface area contributed by atoms with Crippen molar-refractivity contribution in [3.05, 3.63) is 0 Å². The SMILES string of the molecule is CC(C)(C)N=CC1CCC(N2CCCC2=O)CC1. The Labute approximate surface area is 111 Å². The predicted octanol–water partition coefficient (Wildman–Crippen LogP) is 3.04. The van der Waals surface area contributed by atoms with Gasteiger partial charge < -0.3 is 4.90 Å². The lowest BCUT2D eigenvalue weighted by Gasteiger charge is -2.33. The average molecular weight is 250 g/mol. The number of hydrogen-bond donors (Lipinski definition) is 0. The molecule has 0 aromatic rings. The number of carbonyl (C=O) groups excluding carboxylic acids is 1. The molecule has 3 nitrogen and oxygen atoms in total. The lowest BCUT2D eigenvalue weighted by Crippen LogP contribution is -2.39. The van der Waals surface area contributed by atoms with Gasteiger partial charge in [-0.05, 0) is 58.8 Å². The number of likely N-dealkylation sites (tertiary alicyclic amines) is 1. The normalized spacial score (nSPS) is 30.4. The Morgan fingerprint density at radius 1 is 1.22 bits per heavy atom. The van der Waals surface area contributed by atoms with Crippen molar-refractivity contribution in [3.8, 4) is 0 Å². The maximum atomic E-state index is 11.7. The van der Waals surface area contributed by atoms with Crippen LogP contribution in [0.1, 0.15) is 59.3 Å². The van der Waals surface area contributed by atoms with Crippen LogP contribution in [0.25, 0.3) is 0 Å². The minimum absolute atomic E-state index is 0.0434. The first-order valence-electron chi connectivity index (χ1n) is 7.30. The Kier molecular flexibility index (Phi) is 4.08. The summed E-state index contributed by atoms with van der Waals surface area (Å²) >= 11 is 0. The minimum Gasteiger partial charge on any atom is -0.340 e. The largest absolute Gasteiger partial charge is 0.340 e. The van der Waals surface area contributed by atoms with Crippen LogP contribution >= 0.6 is 0 Å². The van der Waals surface area contributed by atoms with Gasteiger partial charge in [0.2, 0.25) is 5.91 Å². The fourth-order valence-electron chi connectivity index (χ4n) is 2.95. The van der Waals surface area contributed by atoms with Crippen LogP contribution < -0.4 is 0 Å². The zero-order valence-electron chi connectivity index (χ0n) is 12.0. The molecule has 2 fully saturated rings. The van der Waals surface area contributed by atoms with E-state index >= 15 is 0 Å². The zero-order valence-corrected chi connectivity index (χ0v) is 12.0. The summed E-state index contributed by atoms with van der Waals surface area (Å²) in [6, 6.07) is 0.513. The van der Waals surface area contributed by atoms with E-state index in [9.17, 15) is 4.79 Å². The summed E-state index contributed by atoms with van der Waals surface area (Å²) in [5, 5.41) is 0. The monoisotopic (exact) mass is 250 g/mol.